The number of carbonyl (C=O) groups is 4. The summed E-state index contributed by atoms with van der Waals surface area (Å²) in [5, 5.41) is 23.8. The topological polar surface area (TPSA) is 142 Å². The van der Waals surface area contributed by atoms with Crippen molar-refractivity contribution in [2.24, 2.45) is 0 Å². The van der Waals surface area contributed by atoms with Crippen LogP contribution in [0.4, 0.5) is 11.4 Å². The largest absolute Gasteiger partial charge is 0.495 e. The number of rotatable bonds is 10. The lowest BCUT2D eigenvalue weighted by Gasteiger charge is -2.18. The van der Waals surface area contributed by atoms with E-state index in [0.717, 1.165) is 28.7 Å². The Morgan fingerprint density at radius 3 is 2.07 bits per heavy atom. The molecule has 0 spiro atoms. The van der Waals surface area contributed by atoms with E-state index >= 15 is 0 Å². The van der Waals surface area contributed by atoms with Crippen molar-refractivity contribution < 1.29 is 34.1 Å². The molecule has 4 aromatic carbocycles. The zero-order valence-corrected chi connectivity index (χ0v) is 23.0. The molecule has 208 valence electrons. The Morgan fingerprint density at radius 1 is 0.780 bits per heavy atom. The van der Waals surface area contributed by atoms with Gasteiger partial charge in [-0.25, -0.2) is 9.59 Å². The number of ether oxygens (including phenoxy) is 1. The van der Waals surface area contributed by atoms with Gasteiger partial charge >= 0.3 is 11.9 Å². The van der Waals surface area contributed by atoms with Crippen molar-refractivity contribution in [2.75, 3.05) is 17.7 Å². The molecular formula is C30H23ClN2O7S. The first-order valence-corrected chi connectivity index (χ1v) is 13.3. The van der Waals surface area contributed by atoms with Gasteiger partial charge in [0.05, 0.1) is 28.8 Å². The first-order valence-electron chi connectivity index (χ1n) is 12.0. The Kier molecular flexibility index (Phi) is 9.28. The highest BCUT2D eigenvalue weighted by atomic mass is 35.5. The van der Waals surface area contributed by atoms with E-state index in [1.807, 2.05) is 30.3 Å². The summed E-state index contributed by atoms with van der Waals surface area (Å²) in [7, 11) is 1.50. The average Bonchev–Trinajstić information content (AvgIpc) is 2.96. The summed E-state index contributed by atoms with van der Waals surface area (Å²) in [6.07, 6.45) is 0. The molecule has 2 amide bonds. The van der Waals surface area contributed by atoms with Crippen LogP contribution in [0.3, 0.4) is 0 Å². The van der Waals surface area contributed by atoms with Gasteiger partial charge in [0.1, 0.15) is 11.0 Å². The summed E-state index contributed by atoms with van der Waals surface area (Å²) < 4.78 is 5.17. The van der Waals surface area contributed by atoms with Crippen LogP contribution in [0.15, 0.2) is 95.9 Å². The van der Waals surface area contributed by atoms with E-state index in [-0.39, 0.29) is 17.0 Å². The van der Waals surface area contributed by atoms with Crippen molar-refractivity contribution in [1.29, 1.82) is 0 Å². The van der Waals surface area contributed by atoms with Gasteiger partial charge in [-0.3, -0.25) is 9.59 Å². The zero-order chi connectivity index (χ0) is 29.5. The third kappa shape index (κ3) is 7.24. The second-order valence-electron chi connectivity index (χ2n) is 8.60. The fourth-order valence-corrected chi connectivity index (χ4v) is 5.14. The molecule has 0 aliphatic heterocycles. The van der Waals surface area contributed by atoms with Gasteiger partial charge in [0.15, 0.2) is 0 Å². The van der Waals surface area contributed by atoms with Crippen LogP contribution in [0.5, 0.6) is 5.75 Å². The molecule has 4 N–H and O–H groups in total. The summed E-state index contributed by atoms with van der Waals surface area (Å²) in [5.41, 5.74) is 0.819. The predicted octanol–water partition coefficient (Wildman–Crippen LogP) is 6.47. The van der Waals surface area contributed by atoms with Gasteiger partial charge in [-0.1, -0.05) is 41.9 Å². The van der Waals surface area contributed by atoms with Crippen molar-refractivity contribution in [3.05, 3.63) is 118 Å². The maximum Gasteiger partial charge on any atom is 0.336 e. The Hall–Kier alpha value is -4.80. The predicted molar refractivity (Wildman–Crippen MR) is 156 cm³/mol. The molecule has 0 aliphatic rings. The molecule has 0 bridgehead atoms. The number of hydrogen-bond donors (Lipinski definition) is 4. The van der Waals surface area contributed by atoms with Gasteiger partial charge in [-0.15, -0.1) is 11.8 Å². The Morgan fingerprint density at radius 2 is 1.46 bits per heavy atom. The number of carbonyl (C=O) groups excluding carboxylic acids is 2. The molecule has 41 heavy (non-hydrogen) atoms. The highest BCUT2D eigenvalue weighted by molar-refractivity contribution is 8.00. The lowest BCUT2D eigenvalue weighted by molar-refractivity contribution is -0.115. The lowest BCUT2D eigenvalue weighted by Crippen LogP contribution is -2.19. The lowest BCUT2D eigenvalue weighted by atomic mass is 10.0. The quantitative estimate of drug-likeness (QED) is 0.154. The van der Waals surface area contributed by atoms with Crippen molar-refractivity contribution >= 4 is 58.5 Å². The molecular weight excluding hydrogens is 568 g/mol. The van der Waals surface area contributed by atoms with Crippen LogP contribution in [0.1, 0.15) is 41.9 Å². The normalized spacial score (nSPS) is 11.3. The Labute approximate surface area is 244 Å². The van der Waals surface area contributed by atoms with Crippen LogP contribution < -0.4 is 15.4 Å². The van der Waals surface area contributed by atoms with Crippen LogP contribution in [0.2, 0.25) is 5.02 Å². The fourth-order valence-electron chi connectivity index (χ4n) is 3.86. The first kappa shape index (κ1) is 29.2. The number of aromatic carboxylic acids is 2. The van der Waals surface area contributed by atoms with E-state index in [1.165, 1.54) is 18.9 Å². The highest BCUT2D eigenvalue weighted by Gasteiger charge is 2.23. The molecule has 0 fully saturated rings. The number of thioether (sulfide) groups is 1. The van der Waals surface area contributed by atoms with Crippen LogP contribution in [-0.4, -0.2) is 41.1 Å². The molecule has 0 heterocycles. The molecule has 4 rings (SSSR count). The van der Waals surface area contributed by atoms with Crippen LogP contribution >= 0.6 is 23.4 Å². The maximum absolute atomic E-state index is 13.4. The van der Waals surface area contributed by atoms with E-state index in [2.05, 4.69) is 10.6 Å². The molecule has 0 aliphatic carbocycles. The smallest absolute Gasteiger partial charge is 0.336 e. The first-order chi connectivity index (χ1) is 19.7. The second kappa shape index (κ2) is 13.0. The Bertz CT molecular complexity index is 1610. The molecule has 1 atom stereocenters. The second-order valence-corrected chi connectivity index (χ2v) is 10.2. The number of carboxylic acid groups (broad SMARTS) is 2. The number of carboxylic acids is 2. The van der Waals surface area contributed by atoms with Crippen molar-refractivity contribution in [3.8, 4) is 5.75 Å². The Balaban J connectivity index is 1.51. The van der Waals surface area contributed by atoms with E-state index in [0.29, 0.717) is 22.1 Å². The van der Waals surface area contributed by atoms with Gasteiger partial charge in [0.2, 0.25) is 5.91 Å². The third-order valence-corrected chi connectivity index (χ3v) is 7.43. The van der Waals surface area contributed by atoms with Crippen molar-refractivity contribution in [3.63, 3.8) is 0 Å². The standard InChI is InChI=1S/C30H23ClN2O7S/c1-40-25-14-10-20(16-24(25)31)33-28(35)26(17-5-3-2-4-6-17)41-21-11-8-19(9-12-21)32-27(34)22-13-7-18(29(36)37)15-23(22)30(38)39/h2-16,26H,1H3,(H,32,34)(H,33,35)(H,36,37)(H,38,39). The number of halogens is 1. The minimum Gasteiger partial charge on any atom is -0.495 e. The van der Waals surface area contributed by atoms with Gasteiger partial charge in [0.25, 0.3) is 5.91 Å². The van der Waals surface area contributed by atoms with E-state index in [4.69, 9.17) is 21.4 Å². The SMILES string of the molecule is COc1ccc(NC(=O)C(Sc2ccc(NC(=O)c3ccc(C(=O)O)cc3C(=O)O)cc2)c2ccccc2)cc1Cl. The minimum absolute atomic E-state index is 0.180. The molecule has 0 saturated heterocycles. The summed E-state index contributed by atoms with van der Waals surface area (Å²) in [5.74, 6) is -3.22. The summed E-state index contributed by atoms with van der Waals surface area (Å²) in [6.45, 7) is 0. The average molecular weight is 591 g/mol. The summed E-state index contributed by atoms with van der Waals surface area (Å²) in [4.78, 5) is 49.7. The van der Waals surface area contributed by atoms with Gasteiger partial charge in [0, 0.05) is 16.3 Å². The van der Waals surface area contributed by atoms with Crippen molar-refractivity contribution in [2.45, 2.75) is 10.1 Å². The van der Waals surface area contributed by atoms with Gasteiger partial charge in [-0.05, 0) is 66.2 Å². The maximum atomic E-state index is 13.4. The summed E-state index contributed by atoms with van der Waals surface area (Å²) >= 11 is 7.51. The zero-order valence-electron chi connectivity index (χ0n) is 21.5. The minimum atomic E-state index is -1.42. The van der Waals surface area contributed by atoms with E-state index in [1.54, 1.807) is 42.5 Å². The number of benzene rings is 4. The van der Waals surface area contributed by atoms with Crippen LogP contribution in [0, 0.1) is 0 Å². The number of amides is 2. The molecule has 0 saturated carbocycles. The number of anilines is 2. The molecule has 0 radical (unpaired) electrons. The molecule has 9 nitrogen and oxygen atoms in total. The van der Waals surface area contributed by atoms with Crippen molar-refractivity contribution in [1.82, 2.24) is 0 Å². The van der Waals surface area contributed by atoms with Crippen LogP contribution in [0.25, 0.3) is 0 Å². The number of hydrogen-bond acceptors (Lipinski definition) is 6. The fraction of sp³-hybridized carbons (Fsp3) is 0.0667. The number of methoxy groups -OCH3 is 1. The monoisotopic (exact) mass is 590 g/mol. The highest BCUT2D eigenvalue weighted by Crippen LogP contribution is 2.37. The summed E-state index contributed by atoms with van der Waals surface area (Å²) in [6, 6.07) is 24.1. The third-order valence-electron chi connectivity index (χ3n) is 5.87. The van der Waals surface area contributed by atoms with E-state index in [9.17, 15) is 24.3 Å². The number of nitrogens with one attached hydrogen (secondary N) is 2. The molecule has 11 heteroatoms. The van der Waals surface area contributed by atoms with Crippen LogP contribution in [-0.2, 0) is 4.79 Å². The molecule has 1 unspecified atom stereocenters. The molecule has 0 aromatic heterocycles. The van der Waals surface area contributed by atoms with Gasteiger partial charge in [-0.2, -0.15) is 0 Å². The molecule has 4 aromatic rings. The van der Waals surface area contributed by atoms with E-state index < -0.39 is 28.7 Å². The van der Waals surface area contributed by atoms with Gasteiger partial charge < -0.3 is 25.6 Å².